The molecule has 0 aliphatic carbocycles. The number of halogens is 1. The van der Waals surface area contributed by atoms with E-state index >= 15 is 0 Å². The Labute approximate surface area is 93.5 Å². The fourth-order valence-electron chi connectivity index (χ4n) is 1.28. The second-order valence-electron chi connectivity index (χ2n) is 3.38. The summed E-state index contributed by atoms with van der Waals surface area (Å²) in [6, 6.07) is -0.0410. The van der Waals surface area contributed by atoms with Crippen LogP contribution in [0.3, 0.4) is 0 Å². The highest BCUT2D eigenvalue weighted by Gasteiger charge is 2.09. The minimum absolute atomic E-state index is 0. The van der Waals surface area contributed by atoms with Crippen LogP contribution in [0.1, 0.15) is 24.6 Å². The molecule has 6 heteroatoms. The topological polar surface area (TPSA) is 91.7 Å². The third-order valence-electron chi connectivity index (χ3n) is 2.25. The maximum Gasteiger partial charge on any atom is 0.325 e. The minimum atomic E-state index is -0.471. The van der Waals surface area contributed by atoms with E-state index in [4.69, 9.17) is 5.73 Å². The molecule has 0 radical (unpaired) electrons. The first kappa shape index (κ1) is 13.9. The summed E-state index contributed by atoms with van der Waals surface area (Å²) in [5.74, 6) is 0. The Morgan fingerprint density at radius 1 is 1.33 bits per heavy atom. The van der Waals surface area contributed by atoms with E-state index in [1.54, 1.807) is 6.92 Å². The summed E-state index contributed by atoms with van der Waals surface area (Å²) in [7, 11) is 0. The molecule has 0 saturated heterocycles. The highest BCUT2D eigenvalue weighted by molar-refractivity contribution is 5.85. The molecule has 1 rings (SSSR count). The molecule has 0 aromatic carbocycles. The Morgan fingerprint density at radius 3 is 2.40 bits per heavy atom. The second-order valence-corrected chi connectivity index (χ2v) is 3.38. The molecule has 5 nitrogen and oxygen atoms in total. The van der Waals surface area contributed by atoms with Crippen LogP contribution in [0, 0.1) is 6.92 Å². The molecular formula is C9H16ClN3O2. The summed E-state index contributed by atoms with van der Waals surface area (Å²) in [6.45, 7) is 3.66. The van der Waals surface area contributed by atoms with Crippen molar-refractivity contribution in [3.63, 3.8) is 0 Å². The number of aryl methyl sites for hydroxylation is 1. The lowest BCUT2D eigenvalue weighted by molar-refractivity contribution is 0.636. The van der Waals surface area contributed by atoms with Gasteiger partial charge in [-0.25, -0.2) is 4.79 Å². The molecule has 0 fully saturated rings. The predicted octanol–water partition coefficient (Wildman–Crippen LogP) is 0.0732. The van der Waals surface area contributed by atoms with Crippen LogP contribution < -0.4 is 17.0 Å². The second kappa shape index (κ2) is 5.72. The van der Waals surface area contributed by atoms with Gasteiger partial charge in [0.2, 0.25) is 0 Å². The quantitative estimate of drug-likeness (QED) is 0.690. The zero-order valence-corrected chi connectivity index (χ0v) is 9.61. The van der Waals surface area contributed by atoms with Crippen molar-refractivity contribution in [2.45, 2.75) is 32.7 Å². The summed E-state index contributed by atoms with van der Waals surface area (Å²) in [6.07, 6.45) is 1.30. The van der Waals surface area contributed by atoms with Crippen LogP contribution in [0.4, 0.5) is 0 Å². The minimum Gasteiger partial charge on any atom is -0.327 e. The third-order valence-corrected chi connectivity index (χ3v) is 2.25. The van der Waals surface area contributed by atoms with Gasteiger partial charge in [0.1, 0.15) is 0 Å². The summed E-state index contributed by atoms with van der Waals surface area (Å²) in [5, 5.41) is 0. The third kappa shape index (κ3) is 3.53. The van der Waals surface area contributed by atoms with Crippen LogP contribution in [0.2, 0.25) is 0 Å². The van der Waals surface area contributed by atoms with Crippen molar-refractivity contribution in [2.24, 2.45) is 5.73 Å². The molecule has 0 saturated carbocycles. The predicted molar refractivity (Wildman–Crippen MR) is 61.6 cm³/mol. The molecule has 1 atom stereocenters. The number of nitrogens with two attached hydrogens (primary N) is 1. The molecule has 4 N–H and O–H groups in total. The fraction of sp³-hybridized carbons (Fsp3) is 0.556. The van der Waals surface area contributed by atoms with E-state index in [0.717, 1.165) is 6.42 Å². The van der Waals surface area contributed by atoms with Crippen molar-refractivity contribution in [2.75, 3.05) is 0 Å². The monoisotopic (exact) mass is 233 g/mol. The maximum absolute atomic E-state index is 11.4. The van der Waals surface area contributed by atoms with Gasteiger partial charge in [0.15, 0.2) is 0 Å². The van der Waals surface area contributed by atoms with Gasteiger partial charge in [-0.15, -0.1) is 12.4 Å². The van der Waals surface area contributed by atoms with E-state index < -0.39 is 5.69 Å². The Morgan fingerprint density at radius 2 is 1.93 bits per heavy atom. The number of rotatable bonds is 3. The van der Waals surface area contributed by atoms with Gasteiger partial charge in [-0.3, -0.25) is 9.78 Å². The first-order valence-electron chi connectivity index (χ1n) is 4.62. The van der Waals surface area contributed by atoms with E-state index in [9.17, 15) is 9.59 Å². The average molecular weight is 234 g/mol. The van der Waals surface area contributed by atoms with Crippen molar-refractivity contribution >= 4 is 12.4 Å². The zero-order chi connectivity index (χ0) is 10.7. The molecule has 1 unspecified atom stereocenters. The van der Waals surface area contributed by atoms with Gasteiger partial charge in [0, 0.05) is 17.3 Å². The van der Waals surface area contributed by atoms with Crippen LogP contribution in [-0.2, 0) is 6.42 Å². The van der Waals surface area contributed by atoms with Crippen LogP contribution in [0.15, 0.2) is 9.59 Å². The van der Waals surface area contributed by atoms with Crippen LogP contribution in [-0.4, -0.2) is 16.0 Å². The Hall–Kier alpha value is -1.07. The van der Waals surface area contributed by atoms with E-state index in [1.807, 2.05) is 6.92 Å². The summed E-state index contributed by atoms with van der Waals surface area (Å²) < 4.78 is 0. The number of aromatic amines is 2. The highest BCUT2D eigenvalue weighted by atomic mass is 35.5. The first-order chi connectivity index (χ1) is 6.54. The lowest BCUT2D eigenvalue weighted by atomic mass is 10.1. The number of nitrogens with one attached hydrogen (secondary N) is 2. The molecule has 0 spiro atoms. The Kier molecular flexibility index (Phi) is 5.32. The van der Waals surface area contributed by atoms with Gasteiger partial charge in [0.05, 0.1) is 0 Å². The SMILES string of the molecule is CCC(N)Cc1c(C)[nH]c(=O)[nH]c1=O.Cl. The molecule has 1 aromatic heterocycles. The van der Waals surface area contributed by atoms with Gasteiger partial charge in [0.25, 0.3) is 5.56 Å². The largest absolute Gasteiger partial charge is 0.327 e. The van der Waals surface area contributed by atoms with Crippen LogP contribution in [0.5, 0.6) is 0 Å². The molecule has 15 heavy (non-hydrogen) atoms. The number of hydrogen-bond acceptors (Lipinski definition) is 3. The molecule has 0 amide bonds. The molecule has 1 heterocycles. The van der Waals surface area contributed by atoms with Crippen molar-refractivity contribution in [1.82, 2.24) is 9.97 Å². The smallest absolute Gasteiger partial charge is 0.325 e. The van der Waals surface area contributed by atoms with E-state index in [0.29, 0.717) is 17.7 Å². The van der Waals surface area contributed by atoms with E-state index in [-0.39, 0.29) is 24.0 Å². The number of aromatic nitrogens is 2. The van der Waals surface area contributed by atoms with E-state index in [2.05, 4.69) is 9.97 Å². The maximum atomic E-state index is 11.4. The first-order valence-corrected chi connectivity index (χ1v) is 4.62. The van der Waals surface area contributed by atoms with Crippen molar-refractivity contribution in [1.29, 1.82) is 0 Å². The highest BCUT2D eigenvalue weighted by Crippen LogP contribution is 2.00. The number of hydrogen-bond donors (Lipinski definition) is 3. The van der Waals surface area contributed by atoms with Gasteiger partial charge in [-0.05, 0) is 19.8 Å². The summed E-state index contributed by atoms with van der Waals surface area (Å²) in [4.78, 5) is 27.0. The van der Waals surface area contributed by atoms with Gasteiger partial charge < -0.3 is 10.7 Å². The molecule has 0 aliphatic heterocycles. The molecule has 1 aromatic rings. The zero-order valence-electron chi connectivity index (χ0n) is 8.79. The lowest BCUT2D eigenvalue weighted by Gasteiger charge is -2.09. The van der Waals surface area contributed by atoms with Gasteiger partial charge >= 0.3 is 5.69 Å². The standard InChI is InChI=1S/C9H15N3O2.ClH/c1-3-6(10)4-7-5(2)11-9(14)12-8(7)13;/h6H,3-4,10H2,1-2H3,(H2,11,12,13,14);1H. The van der Waals surface area contributed by atoms with Gasteiger partial charge in [-0.1, -0.05) is 6.92 Å². The fourth-order valence-corrected chi connectivity index (χ4v) is 1.28. The molecule has 86 valence electrons. The summed E-state index contributed by atoms with van der Waals surface area (Å²) >= 11 is 0. The molecule has 0 bridgehead atoms. The van der Waals surface area contributed by atoms with Crippen molar-refractivity contribution in [3.8, 4) is 0 Å². The van der Waals surface area contributed by atoms with Crippen LogP contribution >= 0.6 is 12.4 Å². The van der Waals surface area contributed by atoms with Crippen molar-refractivity contribution < 1.29 is 0 Å². The molecule has 0 aliphatic rings. The number of H-pyrrole nitrogens is 2. The van der Waals surface area contributed by atoms with Crippen molar-refractivity contribution in [3.05, 3.63) is 32.1 Å². The lowest BCUT2D eigenvalue weighted by Crippen LogP contribution is -2.31. The van der Waals surface area contributed by atoms with E-state index in [1.165, 1.54) is 0 Å². The molecular weight excluding hydrogens is 218 g/mol. The summed E-state index contributed by atoms with van der Waals surface area (Å²) in [5.41, 5.74) is 6.10. The normalized spacial score (nSPS) is 11.9. The van der Waals surface area contributed by atoms with Gasteiger partial charge in [-0.2, -0.15) is 0 Å². The van der Waals surface area contributed by atoms with Crippen LogP contribution in [0.25, 0.3) is 0 Å². The Balaban J connectivity index is 0.00000196. The Bertz CT molecular complexity index is 424. The average Bonchev–Trinajstić information content (AvgIpc) is 2.10.